The molecule has 120 valence electrons. The highest BCUT2D eigenvalue weighted by molar-refractivity contribution is 5.88. The van der Waals surface area contributed by atoms with Crippen LogP contribution in [0.5, 0.6) is 0 Å². The summed E-state index contributed by atoms with van der Waals surface area (Å²) in [5.41, 5.74) is 0. The van der Waals surface area contributed by atoms with Crippen LogP contribution in [0.15, 0.2) is 24.9 Å². The number of carbonyl (C=O) groups excluding carboxylic acids is 1. The van der Waals surface area contributed by atoms with Crippen molar-refractivity contribution in [2.75, 3.05) is 11.9 Å². The Hall–Kier alpha value is -2.38. The number of aryl methyl sites for hydroxylation is 1. The van der Waals surface area contributed by atoms with Gasteiger partial charge in [0.15, 0.2) is 0 Å². The lowest BCUT2D eigenvalue weighted by atomic mass is 10.1. The average Bonchev–Trinajstić information content (AvgIpc) is 3.14. The highest BCUT2D eigenvalue weighted by atomic mass is 16.2. The first-order chi connectivity index (χ1) is 10.6. The van der Waals surface area contributed by atoms with Gasteiger partial charge in [0, 0.05) is 19.2 Å². The summed E-state index contributed by atoms with van der Waals surface area (Å²) >= 11 is 0. The van der Waals surface area contributed by atoms with Gasteiger partial charge in [-0.05, 0) is 19.3 Å². The number of urea groups is 1. The van der Waals surface area contributed by atoms with Crippen LogP contribution in [0.3, 0.4) is 0 Å². The van der Waals surface area contributed by atoms with Crippen LogP contribution in [-0.4, -0.2) is 37.1 Å². The Labute approximate surface area is 129 Å². The van der Waals surface area contributed by atoms with Gasteiger partial charge in [-0.3, -0.25) is 5.32 Å². The fourth-order valence-electron chi connectivity index (χ4n) is 1.98. The number of hydrogen-bond donors (Lipinski definition) is 2. The molecule has 0 fully saturated rings. The van der Waals surface area contributed by atoms with E-state index in [9.17, 15) is 4.79 Å². The van der Waals surface area contributed by atoms with E-state index in [1.54, 1.807) is 24.9 Å². The Morgan fingerprint density at radius 1 is 1.27 bits per heavy atom. The minimum absolute atomic E-state index is 0.221. The molecule has 0 aliphatic carbocycles. The molecule has 0 aliphatic rings. The van der Waals surface area contributed by atoms with Crippen molar-refractivity contribution in [1.29, 1.82) is 0 Å². The fourth-order valence-corrected chi connectivity index (χ4v) is 1.98. The van der Waals surface area contributed by atoms with Gasteiger partial charge in [0.25, 0.3) is 0 Å². The molecule has 8 heteroatoms. The van der Waals surface area contributed by atoms with Crippen LogP contribution in [0.25, 0.3) is 0 Å². The van der Waals surface area contributed by atoms with Crippen LogP contribution >= 0.6 is 0 Å². The summed E-state index contributed by atoms with van der Waals surface area (Å²) in [4.78, 5) is 11.9. The number of amides is 2. The van der Waals surface area contributed by atoms with E-state index < -0.39 is 0 Å². The molecule has 0 radical (unpaired) electrons. The number of nitrogens with zero attached hydrogens (tertiary/aromatic N) is 5. The topological polar surface area (TPSA) is 89.7 Å². The standard InChI is InChI=1S/C14H23N7O/c1-11(2)12(3)21-13(5-7-18-21)19-14(22)15-6-4-8-20-9-16-17-10-20/h5,7,9-12H,4,6,8H2,1-3H3,(H2,15,19,22). The quantitative estimate of drug-likeness (QED) is 0.765. The minimum atomic E-state index is -0.221. The average molecular weight is 305 g/mol. The van der Waals surface area contributed by atoms with Crippen molar-refractivity contribution in [2.24, 2.45) is 5.92 Å². The first kappa shape index (κ1) is 16.0. The van der Waals surface area contributed by atoms with Crippen molar-refractivity contribution in [1.82, 2.24) is 29.9 Å². The highest BCUT2D eigenvalue weighted by Crippen LogP contribution is 2.20. The van der Waals surface area contributed by atoms with Crippen molar-refractivity contribution in [3.8, 4) is 0 Å². The van der Waals surface area contributed by atoms with Gasteiger partial charge in [0.1, 0.15) is 18.5 Å². The molecule has 22 heavy (non-hydrogen) atoms. The normalized spacial score (nSPS) is 12.4. The molecule has 1 unspecified atom stereocenters. The third kappa shape index (κ3) is 4.31. The van der Waals surface area contributed by atoms with Crippen molar-refractivity contribution in [2.45, 2.75) is 39.8 Å². The molecule has 0 spiro atoms. The molecule has 1 atom stereocenters. The number of hydrogen-bond acceptors (Lipinski definition) is 4. The Morgan fingerprint density at radius 2 is 2.00 bits per heavy atom. The summed E-state index contributed by atoms with van der Waals surface area (Å²) in [6.07, 6.45) is 5.82. The summed E-state index contributed by atoms with van der Waals surface area (Å²) < 4.78 is 3.71. The Balaban J connectivity index is 1.76. The molecule has 2 heterocycles. The van der Waals surface area contributed by atoms with Crippen LogP contribution in [-0.2, 0) is 6.54 Å². The van der Waals surface area contributed by atoms with Crippen molar-refractivity contribution < 1.29 is 4.79 Å². The molecule has 2 aromatic rings. The van der Waals surface area contributed by atoms with E-state index in [1.165, 1.54) is 0 Å². The van der Waals surface area contributed by atoms with Crippen LogP contribution in [0.4, 0.5) is 10.6 Å². The van der Waals surface area contributed by atoms with Gasteiger partial charge in [0.05, 0.1) is 12.2 Å². The second-order valence-corrected chi connectivity index (χ2v) is 5.58. The molecule has 0 aromatic carbocycles. The molecule has 2 amide bonds. The van der Waals surface area contributed by atoms with E-state index in [0.717, 1.165) is 13.0 Å². The van der Waals surface area contributed by atoms with E-state index in [1.807, 2.05) is 9.25 Å². The van der Waals surface area contributed by atoms with Crippen molar-refractivity contribution >= 4 is 11.8 Å². The summed E-state index contributed by atoms with van der Waals surface area (Å²) in [6, 6.07) is 1.80. The van der Waals surface area contributed by atoms with E-state index in [-0.39, 0.29) is 12.1 Å². The lowest BCUT2D eigenvalue weighted by Crippen LogP contribution is -2.31. The van der Waals surface area contributed by atoms with Gasteiger partial charge in [-0.2, -0.15) is 5.10 Å². The van der Waals surface area contributed by atoms with E-state index in [4.69, 9.17) is 0 Å². The Kier molecular flexibility index (Phi) is 5.51. The van der Waals surface area contributed by atoms with E-state index in [0.29, 0.717) is 18.3 Å². The first-order valence-electron chi connectivity index (χ1n) is 7.48. The van der Waals surface area contributed by atoms with Gasteiger partial charge in [0.2, 0.25) is 0 Å². The molecule has 0 saturated carbocycles. The van der Waals surface area contributed by atoms with E-state index in [2.05, 4.69) is 46.7 Å². The minimum Gasteiger partial charge on any atom is -0.338 e. The number of aromatic nitrogens is 5. The maximum absolute atomic E-state index is 11.9. The molecule has 0 saturated heterocycles. The summed E-state index contributed by atoms with van der Waals surface area (Å²) in [6.45, 7) is 7.69. The second-order valence-electron chi connectivity index (χ2n) is 5.58. The monoisotopic (exact) mass is 305 g/mol. The van der Waals surface area contributed by atoms with Crippen LogP contribution in [0.1, 0.15) is 33.2 Å². The molecular formula is C14H23N7O. The Morgan fingerprint density at radius 3 is 2.68 bits per heavy atom. The lowest BCUT2D eigenvalue weighted by Gasteiger charge is -2.19. The molecule has 2 N–H and O–H groups in total. The molecule has 0 bridgehead atoms. The largest absolute Gasteiger partial charge is 0.338 e. The number of carbonyl (C=O) groups is 1. The molecule has 0 aliphatic heterocycles. The van der Waals surface area contributed by atoms with Crippen molar-refractivity contribution in [3.05, 3.63) is 24.9 Å². The SMILES string of the molecule is CC(C)C(C)n1nccc1NC(=O)NCCCn1cnnc1. The van der Waals surface area contributed by atoms with Crippen LogP contribution < -0.4 is 10.6 Å². The van der Waals surface area contributed by atoms with Gasteiger partial charge in [-0.25, -0.2) is 9.48 Å². The highest BCUT2D eigenvalue weighted by Gasteiger charge is 2.14. The van der Waals surface area contributed by atoms with Crippen LogP contribution in [0, 0.1) is 5.92 Å². The summed E-state index contributed by atoms with van der Waals surface area (Å²) in [7, 11) is 0. The molecule has 2 rings (SSSR count). The predicted molar refractivity (Wildman–Crippen MR) is 83.4 cm³/mol. The smallest absolute Gasteiger partial charge is 0.320 e. The molecular weight excluding hydrogens is 282 g/mol. The zero-order chi connectivity index (χ0) is 15.9. The second kappa shape index (κ2) is 7.58. The zero-order valence-corrected chi connectivity index (χ0v) is 13.2. The van der Waals surface area contributed by atoms with Gasteiger partial charge >= 0.3 is 6.03 Å². The summed E-state index contributed by atoms with van der Waals surface area (Å²) in [5.74, 6) is 1.14. The number of nitrogens with one attached hydrogen (secondary N) is 2. The number of rotatable bonds is 7. The van der Waals surface area contributed by atoms with Crippen LogP contribution in [0.2, 0.25) is 0 Å². The van der Waals surface area contributed by atoms with Crippen molar-refractivity contribution in [3.63, 3.8) is 0 Å². The van der Waals surface area contributed by atoms with E-state index >= 15 is 0 Å². The van der Waals surface area contributed by atoms with Gasteiger partial charge in [-0.15, -0.1) is 10.2 Å². The third-order valence-electron chi connectivity index (χ3n) is 3.61. The van der Waals surface area contributed by atoms with Gasteiger partial charge < -0.3 is 9.88 Å². The molecule has 2 aromatic heterocycles. The lowest BCUT2D eigenvalue weighted by molar-refractivity contribution is 0.251. The van der Waals surface area contributed by atoms with Gasteiger partial charge in [-0.1, -0.05) is 13.8 Å². The fraction of sp³-hybridized carbons (Fsp3) is 0.571. The molecule has 8 nitrogen and oxygen atoms in total. The summed E-state index contributed by atoms with van der Waals surface area (Å²) in [5, 5.41) is 17.4. The predicted octanol–water partition coefficient (Wildman–Crippen LogP) is 1.90. The Bertz CT molecular complexity index is 576. The zero-order valence-electron chi connectivity index (χ0n) is 13.2. The number of anilines is 1. The third-order valence-corrected chi connectivity index (χ3v) is 3.61. The maximum atomic E-state index is 11.9. The maximum Gasteiger partial charge on any atom is 0.320 e. The first-order valence-corrected chi connectivity index (χ1v) is 7.48.